The number of nitrogens with one attached hydrogen (secondary N) is 1. The van der Waals surface area contributed by atoms with Crippen LogP contribution in [-0.2, 0) is 17.5 Å². The van der Waals surface area contributed by atoms with E-state index in [0.29, 0.717) is 42.8 Å². The predicted octanol–water partition coefficient (Wildman–Crippen LogP) is 2.53. The van der Waals surface area contributed by atoms with Crippen molar-refractivity contribution in [3.8, 4) is 0 Å². The fourth-order valence-electron chi connectivity index (χ4n) is 3.82. The second-order valence-electron chi connectivity index (χ2n) is 8.51. The molecule has 10 nitrogen and oxygen atoms in total. The maximum atomic E-state index is 12.9. The number of hydrogen-bond donors (Lipinski definition) is 1. The van der Waals surface area contributed by atoms with Gasteiger partial charge in [-0.05, 0) is 30.3 Å². The number of piperazine rings is 1. The van der Waals surface area contributed by atoms with Gasteiger partial charge in [0, 0.05) is 57.5 Å². The molecular formula is C23H24F3N7O3. The molecule has 4 rings (SSSR count). The number of carbonyl (C=O) groups is 3. The van der Waals surface area contributed by atoms with E-state index in [1.165, 1.54) is 15.6 Å². The predicted molar refractivity (Wildman–Crippen MR) is 124 cm³/mol. The number of amides is 4. The van der Waals surface area contributed by atoms with E-state index in [4.69, 9.17) is 0 Å². The van der Waals surface area contributed by atoms with Crippen molar-refractivity contribution in [3.63, 3.8) is 0 Å². The van der Waals surface area contributed by atoms with Gasteiger partial charge in [0.05, 0.1) is 5.52 Å². The summed E-state index contributed by atoms with van der Waals surface area (Å²) < 4.78 is 40.1. The molecule has 1 aromatic carbocycles. The Balaban J connectivity index is 1.39. The van der Waals surface area contributed by atoms with E-state index >= 15 is 0 Å². The van der Waals surface area contributed by atoms with Gasteiger partial charge in [-0.15, -0.1) is 0 Å². The summed E-state index contributed by atoms with van der Waals surface area (Å²) in [5.74, 6) is -0.918. The molecule has 13 heteroatoms. The van der Waals surface area contributed by atoms with Crippen LogP contribution in [0.15, 0.2) is 42.6 Å². The second-order valence-corrected chi connectivity index (χ2v) is 8.51. The topological polar surface area (TPSA) is 104 Å². The third kappa shape index (κ3) is 5.56. The van der Waals surface area contributed by atoms with Crippen molar-refractivity contribution in [2.24, 2.45) is 0 Å². The number of pyridine rings is 1. The van der Waals surface area contributed by atoms with Crippen molar-refractivity contribution in [1.82, 2.24) is 29.5 Å². The lowest BCUT2D eigenvalue weighted by Gasteiger charge is -2.35. The molecule has 3 heterocycles. The fraction of sp³-hybridized carbons (Fsp3) is 0.348. The Bertz CT molecular complexity index is 1300. The average molecular weight is 503 g/mol. The lowest BCUT2D eigenvalue weighted by molar-refractivity contribution is -0.141. The lowest BCUT2D eigenvalue weighted by Crippen LogP contribution is -2.53. The summed E-state index contributed by atoms with van der Waals surface area (Å²) in [5, 5.41) is 7.55. The van der Waals surface area contributed by atoms with Crippen LogP contribution in [0.3, 0.4) is 0 Å². The van der Waals surface area contributed by atoms with E-state index in [-0.39, 0.29) is 24.2 Å². The SMILES string of the molecule is CN(C)C(=O)N1CCN(C(=O)Cn2cc3cc(NC(=O)c4cccc(C(F)(F)F)n4)ccc3n2)CC1. The molecule has 0 spiro atoms. The van der Waals surface area contributed by atoms with Crippen LogP contribution >= 0.6 is 0 Å². The molecule has 1 N–H and O–H groups in total. The summed E-state index contributed by atoms with van der Waals surface area (Å²) >= 11 is 0. The number of halogens is 3. The number of urea groups is 1. The van der Waals surface area contributed by atoms with E-state index in [0.717, 1.165) is 12.1 Å². The molecule has 0 bridgehead atoms. The molecule has 4 amide bonds. The van der Waals surface area contributed by atoms with Crippen LogP contribution in [0, 0.1) is 0 Å². The number of anilines is 1. The number of benzene rings is 1. The van der Waals surface area contributed by atoms with Gasteiger partial charge in [-0.3, -0.25) is 14.3 Å². The Morgan fingerprint density at radius 2 is 1.72 bits per heavy atom. The van der Waals surface area contributed by atoms with Gasteiger partial charge in [-0.25, -0.2) is 9.78 Å². The Hall–Kier alpha value is -4.16. The molecule has 190 valence electrons. The quantitative estimate of drug-likeness (QED) is 0.590. The van der Waals surface area contributed by atoms with Crippen molar-refractivity contribution in [1.29, 1.82) is 0 Å². The molecule has 0 atom stereocenters. The van der Waals surface area contributed by atoms with Crippen LogP contribution in [0.5, 0.6) is 0 Å². The number of hydrogen-bond acceptors (Lipinski definition) is 5. The minimum atomic E-state index is -4.65. The molecular weight excluding hydrogens is 479 g/mol. The van der Waals surface area contributed by atoms with Crippen molar-refractivity contribution in [3.05, 3.63) is 54.0 Å². The van der Waals surface area contributed by atoms with Gasteiger partial charge >= 0.3 is 12.2 Å². The van der Waals surface area contributed by atoms with Crippen molar-refractivity contribution < 1.29 is 27.6 Å². The monoisotopic (exact) mass is 503 g/mol. The van der Waals surface area contributed by atoms with Gasteiger partial charge < -0.3 is 20.0 Å². The molecule has 36 heavy (non-hydrogen) atoms. The number of nitrogens with zero attached hydrogens (tertiary/aromatic N) is 6. The standard InChI is InChI=1S/C23H24F3N7O3/c1-30(2)22(36)32-10-8-31(9-11-32)20(34)14-33-13-15-12-16(6-7-17(15)29-33)27-21(35)18-4-3-5-19(28-18)23(24,25)26/h3-7,12-13H,8-11,14H2,1-2H3,(H,27,35). The number of aromatic nitrogens is 3. The van der Waals surface area contributed by atoms with Gasteiger partial charge in [0.15, 0.2) is 0 Å². The molecule has 0 aliphatic carbocycles. The molecule has 1 aliphatic rings. The summed E-state index contributed by atoms with van der Waals surface area (Å²) in [6.45, 7) is 1.77. The molecule has 2 aromatic heterocycles. The average Bonchev–Trinajstić information content (AvgIpc) is 3.24. The summed E-state index contributed by atoms with van der Waals surface area (Å²) in [6, 6.07) is 7.83. The summed E-state index contributed by atoms with van der Waals surface area (Å²) in [5.41, 5.74) is -0.584. The number of rotatable bonds is 4. The normalized spacial score (nSPS) is 14.1. The molecule has 1 fully saturated rings. The van der Waals surface area contributed by atoms with Gasteiger partial charge in [-0.2, -0.15) is 18.3 Å². The minimum Gasteiger partial charge on any atom is -0.338 e. The number of carbonyl (C=O) groups excluding carboxylic acids is 3. The first-order chi connectivity index (χ1) is 17.0. The lowest BCUT2D eigenvalue weighted by atomic mass is 10.2. The first-order valence-corrected chi connectivity index (χ1v) is 11.1. The highest BCUT2D eigenvalue weighted by Gasteiger charge is 2.33. The first kappa shape index (κ1) is 24.9. The van der Waals surface area contributed by atoms with Crippen molar-refractivity contribution in [2.75, 3.05) is 45.6 Å². The summed E-state index contributed by atoms with van der Waals surface area (Å²) in [6.07, 6.45) is -3.00. The maximum Gasteiger partial charge on any atom is 0.433 e. The summed E-state index contributed by atoms with van der Waals surface area (Å²) in [7, 11) is 3.36. The fourth-order valence-corrected chi connectivity index (χ4v) is 3.82. The van der Waals surface area contributed by atoms with E-state index < -0.39 is 17.8 Å². The highest BCUT2D eigenvalue weighted by molar-refractivity contribution is 6.03. The Labute approximate surface area is 204 Å². The first-order valence-electron chi connectivity index (χ1n) is 11.1. The second kappa shape index (κ2) is 9.84. The number of fused-ring (bicyclic) bond motifs is 1. The van der Waals surface area contributed by atoms with Crippen LogP contribution in [0.4, 0.5) is 23.7 Å². The van der Waals surface area contributed by atoms with E-state index in [1.54, 1.807) is 48.3 Å². The third-order valence-corrected chi connectivity index (χ3v) is 5.66. The zero-order valence-electron chi connectivity index (χ0n) is 19.6. The van der Waals surface area contributed by atoms with Crippen LogP contribution in [0.25, 0.3) is 10.9 Å². The van der Waals surface area contributed by atoms with E-state index in [1.807, 2.05) is 0 Å². The highest BCUT2D eigenvalue weighted by atomic mass is 19.4. The van der Waals surface area contributed by atoms with Crippen LogP contribution in [0.2, 0.25) is 0 Å². The maximum absolute atomic E-state index is 12.9. The summed E-state index contributed by atoms with van der Waals surface area (Å²) in [4.78, 5) is 45.5. The van der Waals surface area contributed by atoms with Crippen LogP contribution < -0.4 is 5.32 Å². The highest BCUT2D eigenvalue weighted by Crippen LogP contribution is 2.27. The molecule has 3 aromatic rings. The van der Waals surface area contributed by atoms with E-state index in [2.05, 4.69) is 15.4 Å². The Kier molecular flexibility index (Phi) is 6.82. The zero-order valence-corrected chi connectivity index (χ0v) is 19.6. The number of alkyl halides is 3. The third-order valence-electron chi connectivity index (χ3n) is 5.66. The van der Waals surface area contributed by atoms with Crippen molar-refractivity contribution >= 4 is 34.4 Å². The zero-order chi connectivity index (χ0) is 26.0. The van der Waals surface area contributed by atoms with Crippen molar-refractivity contribution in [2.45, 2.75) is 12.7 Å². The van der Waals surface area contributed by atoms with E-state index in [9.17, 15) is 27.6 Å². The molecule has 0 saturated carbocycles. The molecule has 0 radical (unpaired) electrons. The largest absolute Gasteiger partial charge is 0.433 e. The van der Waals surface area contributed by atoms with Gasteiger partial charge in [-0.1, -0.05) is 6.07 Å². The van der Waals surface area contributed by atoms with Crippen LogP contribution in [-0.4, -0.2) is 87.6 Å². The van der Waals surface area contributed by atoms with Gasteiger partial charge in [0.25, 0.3) is 5.91 Å². The molecule has 0 unspecified atom stereocenters. The molecule has 1 aliphatic heterocycles. The van der Waals surface area contributed by atoms with Gasteiger partial charge in [0.1, 0.15) is 17.9 Å². The van der Waals surface area contributed by atoms with Crippen LogP contribution in [0.1, 0.15) is 16.2 Å². The minimum absolute atomic E-state index is 0.00611. The smallest absolute Gasteiger partial charge is 0.338 e. The Morgan fingerprint density at radius 3 is 2.39 bits per heavy atom. The van der Waals surface area contributed by atoms with Gasteiger partial charge in [0.2, 0.25) is 5.91 Å². The Morgan fingerprint density at radius 1 is 1.03 bits per heavy atom. The molecule has 1 saturated heterocycles.